The highest BCUT2D eigenvalue weighted by molar-refractivity contribution is 6.32. The summed E-state index contributed by atoms with van der Waals surface area (Å²) in [5.41, 5.74) is 4.02. The molecule has 1 aliphatic heterocycles. The standard InChI is InChI=1S/C43H37NO5/c1-3-26-17-19-29(20-18-26)44-41(48)31-22-21-30-34(37(31)42(44)49)23-35-40(47)33(27-12-6-4-7-13-27)24-36(45)43(35,28-14-8-5-9-15-28)38(30)32-16-10-11-25(2)39(32)46/h4-21,24,31,34-35,37-38,46H,3,22-23H2,1-2H3. The summed E-state index contributed by atoms with van der Waals surface area (Å²) in [5.74, 6) is -4.19. The average Bonchev–Trinajstić information content (AvgIpc) is 3.39. The molecule has 4 aromatic rings. The zero-order valence-electron chi connectivity index (χ0n) is 27.5. The molecule has 0 radical (unpaired) electrons. The zero-order valence-corrected chi connectivity index (χ0v) is 27.5. The Balaban J connectivity index is 1.35. The zero-order chi connectivity index (χ0) is 34.0. The highest BCUT2D eigenvalue weighted by Crippen LogP contribution is 2.64. The van der Waals surface area contributed by atoms with Crippen molar-refractivity contribution in [3.8, 4) is 5.75 Å². The number of carbonyl (C=O) groups is 4. The number of benzene rings is 4. The predicted molar refractivity (Wildman–Crippen MR) is 188 cm³/mol. The van der Waals surface area contributed by atoms with Crippen LogP contribution in [-0.2, 0) is 31.0 Å². The van der Waals surface area contributed by atoms with E-state index in [0.717, 1.165) is 17.6 Å². The van der Waals surface area contributed by atoms with Gasteiger partial charge in [0.15, 0.2) is 11.6 Å². The topological polar surface area (TPSA) is 91.8 Å². The smallest absolute Gasteiger partial charge is 0.238 e. The maximum absolute atomic E-state index is 15.1. The summed E-state index contributed by atoms with van der Waals surface area (Å²) < 4.78 is 0. The molecule has 1 saturated carbocycles. The lowest BCUT2D eigenvalue weighted by Crippen LogP contribution is -2.58. The third-order valence-electron chi connectivity index (χ3n) is 11.6. The van der Waals surface area contributed by atoms with Gasteiger partial charge >= 0.3 is 0 Å². The number of nitrogens with zero attached hydrogens (tertiary/aromatic N) is 1. The second-order valence-corrected chi connectivity index (χ2v) is 13.8. The number of ketones is 2. The third-order valence-corrected chi connectivity index (χ3v) is 11.6. The van der Waals surface area contributed by atoms with Gasteiger partial charge in [-0.05, 0) is 72.6 Å². The van der Waals surface area contributed by atoms with Crippen LogP contribution in [0.1, 0.15) is 53.5 Å². The number of fused-ring (bicyclic) bond motifs is 4. The number of allylic oxidation sites excluding steroid dienone is 4. The van der Waals surface area contributed by atoms with E-state index in [1.165, 1.54) is 11.0 Å². The van der Waals surface area contributed by atoms with Crippen molar-refractivity contribution in [1.82, 2.24) is 0 Å². The average molecular weight is 648 g/mol. The summed E-state index contributed by atoms with van der Waals surface area (Å²) in [6, 6.07) is 31.7. The van der Waals surface area contributed by atoms with Gasteiger partial charge in [-0.25, -0.2) is 0 Å². The molecule has 4 aliphatic rings. The second kappa shape index (κ2) is 11.7. The van der Waals surface area contributed by atoms with Crippen molar-refractivity contribution >= 4 is 34.6 Å². The molecule has 4 aromatic carbocycles. The van der Waals surface area contributed by atoms with Crippen LogP contribution < -0.4 is 4.90 Å². The largest absolute Gasteiger partial charge is 0.507 e. The molecule has 1 N–H and O–H groups in total. The number of aryl methyl sites for hydroxylation is 2. The van der Waals surface area contributed by atoms with E-state index in [9.17, 15) is 14.7 Å². The Morgan fingerprint density at radius 2 is 1.49 bits per heavy atom. The van der Waals surface area contributed by atoms with Crippen LogP contribution in [0.4, 0.5) is 5.69 Å². The molecular weight excluding hydrogens is 610 g/mol. The highest BCUT2D eigenvalue weighted by atomic mass is 16.3. The first-order chi connectivity index (χ1) is 23.8. The van der Waals surface area contributed by atoms with E-state index >= 15 is 9.59 Å². The van der Waals surface area contributed by atoms with E-state index in [1.807, 2.05) is 116 Å². The highest BCUT2D eigenvalue weighted by Gasteiger charge is 2.66. The molecule has 1 saturated heterocycles. The number of hydrogen-bond acceptors (Lipinski definition) is 5. The normalized spacial score (nSPS) is 27.6. The number of anilines is 1. The van der Waals surface area contributed by atoms with Crippen LogP contribution in [0.25, 0.3) is 5.57 Å². The SMILES string of the molecule is CCc1ccc(N2C(=O)C3CC=C4C(CC5C(=O)C(c6ccccc6)=CC(=O)C5(c5ccccc5)C4c4cccc(C)c4O)C3C2=O)cc1. The molecule has 6 heteroatoms. The van der Waals surface area contributed by atoms with Crippen molar-refractivity contribution in [2.45, 2.75) is 44.4 Å². The van der Waals surface area contributed by atoms with Crippen molar-refractivity contribution in [3.63, 3.8) is 0 Å². The molecule has 8 rings (SSSR count). The fourth-order valence-corrected chi connectivity index (χ4v) is 9.27. The van der Waals surface area contributed by atoms with E-state index in [0.29, 0.717) is 39.9 Å². The molecule has 2 fully saturated rings. The molecule has 244 valence electrons. The predicted octanol–water partition coefficient (Wildman–Crippen LogP) is 7.29. The quantitative estimate of drug-likeness (QED) is 0.182. The minimum atomic E-state index is -1.38. The lowest BCUT2D eigenvalue weighted by atomic mass is 9.44. The van der Waals surface area contributed by atoms with E-state index in [4.69, 9.17) is 0 Å². The first-order valence-corrected chi connectivity index (χ1v) is 17.1. The van der Waals surface area contributed by atoms with Crippen LogP contribution in [0, 0.1) is 30.6 Å². The summed E-state index contributed by atoms with van der Waals surface area (Å²) >= 11 is 0. The Labute approximate surface area is 285 Å². The second-order valence-electron chi connectivity index (χ2n) is 13.8. The van der Waals surface area contributed by atoms with Gasteiger partial charge in [-0.3, -0.25) is 24.1 Å². The lowest BCUT2D eigenvalue weighted by Gasteiger charge is -2.55. The van der Waals surface area contributed by atoms with Gasteiger partial charge in [0, 0.05) is 23.0 Å². The van der Waals surface area contributed by atoms with Gasteiger partial charge in [-0.15, -0.1) is 0 Å². The van der Waals surface area contributed by atoms with Gasteiger partial charge in [-0.1, -0.05) is 110 Å². The Morgan fingerprint density at radius 3 is 2.18 bits per heavy atom. The Bertz CT molecular complexity index is 2080. The number of phenols is 1. The molecule has 3 aliphatic carbocycles. The van der Waals surface area contributed by atoms with Crippen molar-refractivity contribution in [3.05, 3.63) is 149 Å². The number of Topliss-reactive ketones (excluding diaryl/α,β-unsaturated/α-hetero) is 1. The number of aromatic hydroxyl groups is 1. The van der Waals surface area contributed by atoms with Crippen LogP contribution in [0.15, 0.2) is 121 Å². The number of para-hydroxylation sites is 1. The maximum Gasteiger partial charge on any atom is 0.238 e. The number of rotatable bonds is 5. The van der Waals surface area contributed by atoms with Crippen molar-refractivity contribution in [2.24, 2.45) is 23.7 Å². The van der Waals surface area contributed by atoms with Gasteiger partial charge in [0.1, 0.15) is 5.75 Å². The van der Waals surface area contributed by atoms with Gasteiger partial charge in [-0.2, -0.15) is 0 Å². The molecule has 6 atom stereocenters. The molecule has 2 amide bonds. The fourth-order valence-electron chi connectivity index (χ4n) is 9.27. The van der Waals surface area contributed by atoms with Gasteiger partial charge in [0.25, 0.3) is 0 Å². The van der Waals surface area contributed by atoms with Crippen LogP contribution in [0.2, 0.25) is 0 Å². The molecule has 6 nitrogen and oxygen atoms in total. The first-order valence-electron chi connectivity index (χ1n) is 17.1. The van der Waals surface area contributed by atoms with E-state index in [1.54, 1.807) is 0 Å². The number of phenolic OH excluding ortho intramolecular Hbond substituents is 1. The van der Waals surface area contributed by atoms with Gasteiger partial charge < -0.3 is 5.11 Å². The molecule has 0 aromatic heterocycles. The molecule has 0 bridgehead atoms. The minimum absolute atomic E-state index is 0.0646. The van der Waals surface area contributed by atoms with Gasteiger partial charge in [0.05, 0.1) is 22.9 Å². The molecule has 0 spiro atoms. The first kappa shape index (κ1) is 30.9. The van der Waals surface area contributed by atoms with Crippen LogP contribution in [-0.4, -0.2) is 28.5 Å². The van der Waals surface area contributed by atoms with Crippen LogP contribution >= 0.6 is 0 Å². The maximum atomic E-state index is 15.1. The number of imide groups is 1. The van der Waals surface area contributed by atoms with Crippen molar-refractivity contribution < 1.29 is 24.3 Å². The Morgan fingerprint density at radius 1 is 0.796 bits per heavy atom. The molecular formula is C43H37NO5. The van der Waals surface area contributed by atoms with E-state index in [2.05, 4.69) is 6.92 Å². The van der Waals surface area contributed by atoms with Crippen LogP contribution in [0.5, 0.6) is 5.75 Å². The molecule has 49 heavy (non-hydrogen) atoms. The third kappa shape index (κ3) is 4.46. The summed E-state index contributed by atoms with van der Waals surface area (Å²) in [5, 5.41) is 11.7. The van der Waals surface area contributed by atoms with Crippen LogP contribution in [0.3, 0.4) is 0 Å². The Kier molecular flexibility index (Phi) is 7.36. The Hall–Kier alpha value is -5.36. The summed E-state index contributed by atoms with van der Waals surface area (Å²) in [6.45, 7) is 3.87. The molecule has 1 heterocycles. The van der Waals surface area contributed by atoms with Crippen molar-refractivity contribution in [1.29, 1.82) is 0 Å². The summed E-state index contributed by atoms with van der Waals surface area (Å²) in [6.07, 6.45) is 4.92. The van der Waals surface area contributed by atoms with E-state index < -0.39 is 35.0 Å². The summed E-state index contributed by atoms with van der Waals surface area (Å²) in [4.78, 5) is 60.0. The van der Waals surface area contributed by atoms with Gasteiger partial charge in [0.2, 0.25) is 11.8 Å². The van der Waals surface area contributed by atoms with E-state index in [-0.39, 0.29) is 35.6 Å². The number of hydrogen-bond donors (Lipinski definition) is 1. The molecule has 6 unspecified atom stereocenters. The van der Waals surface area contributed by atoms with Crippen molar-refractivity contribution in [2.75, 3.05) is 4.90 Å². The number of carbonyl (C=O) groups excluding carboxylic acids is 4. The lowest BCUT2D eigenvalue weighted by molar-refractivity contribution is -0.135. The number of amides is 2. The fraction of sp³-hybridized carbons (Fsp3) is 0.256. The summed E-state index contributed by atoms with van der Waals surface area (Å²) in [7, 11) is 0. The minimum Gasteiger partial charge on any atom is -0.507 e. The monoisotopic (exact) mass is 647 g/mol.